The minimum absolute atomic E-state index is 0.320. The fraction of sp³-hybridized carbons (Fsp3) is 0.417. The van der Waals surface area contributed by atoms with Crippen LogP contribution in [-0.4, -0.2) is 18.3 Å². The van der Waals surface area contributed by atoms with E-state index in [4.69, 9.17) is 15.7 Å². The molecule has 2 unspecified atom stereocenters. The zero-order valence-electron chi connectivity index (χ0n) is 9.47. The van der Waals surface area contributed by atoms with E-state index < -0.39 is 6.10 Å². The largest absolute Gasteiger partial charge is 0.495 e. The molecule has 4 nitrogen and oxygen atoms in total. The fourth-order valence-corrected chi connectivity index (χ4v) is 1.47. The number of benzene rings is 1. The molecule has 0 radical (unpaired) electrons. The third-order valence-electron chi connectivity index (χ3n) is 2.56. The Labute approximate surface area is 95.3 Å². The first-order valence-electron chi connectivity index (χ1n) is 5.15. The highest BCUT2D eigenvalue weighted by molar-refractivity contribution is 5.46. The van der Waals surface area contributed by atoms with Crippen LogP contribution in [0.15, 0.2) is 18.2 Å². The van der Waals surface area contributed by atoms with E-state index in [9.17, 15) is 5.11 Å². The number of aliphatic hydroxyl groups is 1. The van der Waals surface area contributed by atoms with Gasteiger partial charge >= 0.3 is 0 Å². The summed E-state index contributed by atoms with van der Waals surface area (Å²) in [5.74, 6) is 0.503. The molecule has 1 aromatic carbocycles. The summed E-state index contributed by atoms with van der Waals surface area (Å²) in [5, 5.41) is 18.8. The van der Waals surface area contributed by atoms with E-state index in [2.05, 4.69) is 0 Å². The van der Waals surface area contributed by atoms with Crippen LogP contribution in [0.2, 0.25) is 0 Å². The first-order valence-corrected chi connectivity index (χ1v) is 5.15. The van der Waals surface area contributed by atoms with Gasteiger partial charge in [0.25, 0.3) is 0 Å². The number of rotatable bonds is 4. The van der Waals surface area contributed by atoms with Gasteiger partial charge < -0.3 is 15.6 Å². The molecule has 0 saturated heterocycles. The molecule has 0 saturated carbocycles. The van der Waals surface area contributed by atoms with E-state index >= 15 is 0 Å². The Morgan fingerprint density at radius 3 is 2.75 bits per heavy atom. The summed E-state index contributed by atoms with van der Waals surface area (Å²) in [4.78, 5) is 0. The van der Waals surface area contributed by atoms with Gasteiger partial charge in [-0.15, -0.1) is 0 Å². The summed E-state index contributed by atoms with van der Waals surface area (Å²) in [6, 6.07) is 6.70. The van der Waals surface area contributed by atoms with Gasteiger partial charge in [-0.05, 0) is 24.1 Å². The van der Waals surface area contributed by atoms with Crippen LogP contribution in [0.3, 0.4) is 0 Å². The Kier molecular flexibility index (Phi) is 4.29. The van der Waals surface area contributed by atoms with Crippen molar-refractivity contribution in [1.82, 2.24) is 0 Å². The minimum Gasteiger partial charge on any atom is -0.495 e. The first-order chi connectivity index (χ1) is 7.63. The van der Waals surface area contributed by atoms with Crippen LogP contribution in [0.5, 0.6) is 5.75 Å². The molecule has 2 atom stereocenters. The van der Waals surface area contributed by atoms with Crippen molar-refractivity contribution in [2.45, 2.75) is 25.5 Å². The molecule has 4 heteroatoms. The second kappa shape index (κ2) is 5.50. The topological polar surface area (TPSA) is 79.3 Å². The average molecular weight is 220 g/mol. The van der Waals surface area contributed by atoms with Crippen molar-refractivity contribution in [1.29, 1.82) is 5.26 Å². The molecule has 0 amide bonds. The highest BCUT2D eigenvalue weighted by Crippen LogP contribution is 2.24. The zero-order valence-corrected chi connectivity index (χ0v) is 9.47. The van der Waals surface area contributed by atoms with Gasteiger partial charge in [-0.2, -0.15) is 5.26 Å². The lowest BCUT2D eigenvalue weighted by Gasteiger charge is -2.18. The summed E-state index contributed by atoms with van der Waals surface area (Å²) in [6.45, 7) is 1.91. The van der Waals surface area contributed by atoms with Crippen molar-refractivity contribution < 1.29 is 9.84 Å². The van der Waals surface area contributed by atoms with E-state index in [0.29, 0.717) is 23.3 Å². The molecular weight excluding hydrogens is 204 g/mol. The SMILES string of the molecule is CCC(N)C(O)c1ccc(OC)c(C#N)c1. The number of methoxy groups -OCH3 is 1. The van der Waals surface area contributed by atoms with Gasteiger partial charge in [-0.3, -0.25) is 0 Å². The summed E-state index contributed by atoms with van der Waals surface area (Å²) in [7, 11) is 1.50. The Hall–Kier alpha value is -1.57. The predicted molar refractivity (Wildman–Crippen MR) is 60.9 cm³/mol. The smallest absolute Gasteiger partial charge is 0.136 e. The lowest BCUT2D eigenvalue weighted by molar-refractivity contribution is 0.144. The Morgan fingerprint density at radius 1 is 1.56 bits per heavy atom. The third-order valence-corrected chi connectivity index (χ3v) is 2.56. The molecule has 16 heavy (non-hydrogen) atoms. The molecule has 0 spiro atoms. The lowest BCUT2D eigenvalue weighted by atomic mass is 9.99. The molecular formula is C12H16N2O2. The van der Waals surface area contributed by atoms with Crippen LogP contribution in [-0.2, 0) is 0 Å². The number of nitrogens with zero attached hydrogens (tertiary/aromatic N) is 1. The van der Waals surface area contributed by atoms with E-state index in [1.807, 2.05) is 13.0 Å². The van der Waals surface area contributed by atoms with Crippen molar-refractivity contribution in [3.05, 3.63) is 29.3 Å². The Balaban J connectivity index is 3.04. The van der Waals surface area contributed by atoms with Crippen LogP contribution in [0, 0.1) is 11.3 Å². The highest BCUT2D eigenvalue weighted by atomic mass is 16.5. The molecule has 3 N–H and O–H groups in total. The number of hydrogen-bond acceptors (Lipinski definition) is 4. The van der Waals surface area contributed by atoms with E-state index in [-0.39, 0.29) is 6.04 Å². The van der Waals surface area contributed by atoms with Crippen molar-refractivity contribution in [2.75, 3.05) is 7.11 Å². The van der Waals surface area contributed by atoms with Gasteiger partial charge in [0.1, 0.15) is 11.8 Å². The normalized spacial score (nSPS) is 13.9. The van der Waals surface area contributed by atoms with Crippen molar-refractivity contribution in [3.63, 3.8) is 0 Å². The van der Waals surface area contributed by atoms with E-state index in [1.165, 1.54) is 7.11 Å². The van der Waals surface area contributed by atoms with Crippen molar-refractivity contribution in [3.8, 4) is 11.8 Å². The number of nitrogens with two attached hydrogens (primary N) is 1. The number of nitriles is 1. The molecule has 0 heterocycles. The standard InChI is InChI=1S/C12H16N2O2/c1-3-10(14)12(15)8-4-5-11(16-2)9(6-8)7-13/h4-6,10,12,15H,3,14H2,1-2H3. The second-order valence-corrected chi connectivity index (χ2v) is 3.59. The van der Waals surface area contributed by atoms with Gasteiger partial charge in [-0.1, -0.05) is 13.0 Å². The molecule has 86 valence electrons. The molecule has 0 aliphatic carbocycles. The van der Waals surface area contributed by atoms with Crippen LogP contribution in [0.25, 0.3) is 0 Å². The first kappa shape index (κ1) is 12.5. The quantitative estimate of drug-likeness (QED) is 0.802. The maximum absolute atomic E-state index is 9.90. The second-order valence-electron chi connectivity index (χ2n) is 3.59. The van der Waals surface area contributed by atoms with Crippen LogP contribution < -0.4 is 10.5 Å². The molecule has 0 aliphatic rings. The number of hydrogen-bond donors (Lipinski definition) is 2. The molecule has 0 fully saturated rings. The lowest BCUT2D eigenvalue weighted by Crippen LogP contribution is -2.27. The number of aliphatic hydroxyl groups excluding tert-OH is 1. The maximum atomic E-state index is 9.90. The molecule has 1 rings (SSSR count). The van der Waals surface area contributed by atoms with Crippen LogP contribution in [0.4, 0.5) is 0 Å². The summed E-state index contributed by atoms with van der Waals surface area (Å²) in [6.07, 6.45) is -0.0715. The minimum atomic E-state index is -0.747. The Bertz CT molecular complexity index is 398. The predicted octanol–water partition coefficient (Wildman–Crippen LogP) is 1.34. The summed E-state index contributed by atoms with van der Waals surface area (Å²) < 4.78 is 5.02. The van der Waals surface area contributed by atoms with E-state index in [1.54, 1.807) is 18.2 Å². The van der Waals surface area contributed by atoms with Gasteiger partial charge in [0.2, 0.25) is 0 Å². The van der Waals surface area contributed by atoms with Crippen LogP contribution in [0.1, 0.15) is 30.6 Å². The maximum Gasteiger partial charge on any atom is 0.136 e. The van der Waals surface area contributed by atoms with Crippen molar-refractivity contribution in [2.24, 2.45) is 5.73 Å². The molecule has 1 aromatic rings. The monoisotopic (exact) mass is 220 g/mol. The van der Waals surface area contributed by atoms with Crippen molar-refractivity contribution >= 4 is 0 Å². The van der Waals surface area contributed by atoms with Gasteiger partial charge in [0, 0.05) is 6.04 Å². The van der Waals surface area contributed by atoms with Gasteiger partial charge in [-0.25, -0.2) is 0 Å². The fourth-order valence-electron chi connectivity index (χ4n) is 1.47. The zero-order chi connectivity index (χ0) is 12.1. The summed E-state index contributed by atoms with van der Waals surface area (Å²) >= 11 is 0. The van der Waals surface area contributed by atoms with E-state index in [0.717, 1.165) is 0 Å². The number of ether oxygens (including phenoxy) is 1. The molecule has 0 aromatic heterocycles. The van der Waals surface area contributed by atoms with Gasteiger partial charge in [0.15, 0.2) is 0 Å². The highest BCUT2D eigenvalue weighted by Gasteiger charge is 2.16. The average Bonchev–Trinajstić information content (AvgIpc) is 2.35. The summed E-state index contributed by atoms with van der Waals surface area (Å²) in [5.41, 5.74) is 6.80. The van der Waals surface area contributed by atoms with Gasteiger partial charge in [0.05, 0.1) is 18.8 Å². The Morgan fingerprint density at radius 2 is 2.25 bits per heavy atom. The van der Waals surface area contributed by atoms with Crippen LogP contribution >= 0.6 is 0 Å². The third kappa shape index (κ3) is 2.51. The molecule has 0 aliphatic heterocycles. The molecule has 0 bridgehead atoms.